The van der Waals surface area contributed by atoms with Crippen LogP contribution in [-0.4, -0.2) is 76.3 Å². The van der Waals surface area contributed by atoms with Gasteiger partial charge >= 0.3 is 0 Å². The maximum atomic E-state index is 16.7. The van der Waals surface area contributed by atoms with Gasteiger partial charge in [-0.05, 0) is 55.8 Å². The molecular formula is C32H30ClF4N5O2. The zero-order valence-electron chi connectivity index (χ0n) is 23.7. The molecule has 2 aromatic heterocycles. The number of aromatic hydroxyl groups is 1. The average Bonchev–Trinajstić information content (AvgIpc) is 3.61. The number of aromatic nitrogens is 2. The predicted molar refractivity (Wildman–Crippen MR) is 160 cm³/mol. The lowest BCUT2D eigenvalue weighted by atomic mass is 9.94. The van der Waals surface area contributed by atoms with Crippen LogP contribution in [0.3, 0.4) is 0 Å². The number of phenols is 1. The molecule has 4 aliphatic heterocycles. The van der Waals surface area contributed by atoms with Gasteiger partial charge in [0.15, 0.2) is 5.82 Å². The zero-order chi connectivity index (χ0) is 30.4. The number of benzene rings is 2. The van der Waals surface area contributed by atoms with Gasteiger partial charge in [-0.3, -0.25) is 9.88 Å². The summed E-state index contributed by atoms with van der Waals surface area (Å²) in [6.45, 7) is 1.71. The Morgan fingerprint density at radius 3 is 2.70 bits per heavy atom. The molecule has 12 heteroatoms. The van der Waals surface area contributed by atoms with Crippen molar-refractivity contribution in [3.8, 4) is 22.9 Å². The van der Waals surface area contributed by atoms with Crippen LogP contribution in [0.2, 0.25) is 5.02 Å². The fourth-order valence-corrected chi connectivity index (χ4v) is 8.15. The summed E-state index contributed by atoms with van der Waals surface area (Å²) in [5.74, 6) is -4.28. The average molecular weight is 628 g/mol. The van der Waals surface area contributed by atoms with Gasteiger partial charge in [-0.25, -0.2) is 22.5 Å². The molecule has 2 bridgehead atoms. The number of hydrogen-bond acceptors (Lipinski definition) is 7. The Bertz CT molecular complexity index is 1810. The van der Waals surface area contributed by atoms with E-state index in [0.29, 0.717) is 54.6 Å². The van der Waals surface area contributed by atoms with Crippen LogP contribution in [0.15, 0.2) is 36.5 Å². The molecule has 0 amide bonds. The molecule has 4 aliphatic rings. The first kappa shape index (κ1) is 28.1. The van der Waals surface area contributed by atoms with Crippen molar-refractivity contribution in [2.24, 2.45) is 0 Å². The van der Waals surface area contributed by atoms with Crippen molar-refractivity contribution < 1.29 is 27.4 Å². The third-order valence-electron chi connectivity index (χ3n) is 9.80. The van der Waals surface area contributed by atoms with E-state index in [1.807, 2.05) is 0 Å². The van der Waals surface area contributed by atoms with E-state index in [0.717, 1.165) is 19.3 Å². The number of alkyl halides is 2. The second kappa shape index (κ2) is 10.1. The highest BCUT2D eigenvalue weighted by Crippen LogP contribution is 2.47. The highest BCUT2D eigenvalue weighted by atomic mass is 35.5. The van der Waals surface area contributed by atoms with Crippen molar-refractivity contribution in [2.75, 3.05) is 37.7 Å². The van der Waals surface area contributed by atoms with Crippen LogP contribution < -0.4 is 15.0 Å². The second-order valence-electron chi connectivity index (χ2n) is 12.7. The first-order valence-corrected chi connectivity index (χ1v) is 15.3. The van der Waals surface area contributed by atoms with Crippen LogP contribution in [0.1, 0.15) is 32.1 Å². The summed E-state index contributed by atoms with van der Waals surface area (Å²) in [4.78, 5) is 13.0. The molecule has 2 N–H and O–H groups in total. The highest BCUT2D eigenvalue weighted by Gasteiger charge is 2.57. The van der Waals surface area contributed by atoms with E-state index in [2.05, 4.69) is 20.2 Å². The van der Waals surface area contributed by atoms with E-state index < -0.39 is 23.1 Å². The third kappa shape index (κ3) is 4.54. The molecular weight excluding hydrogens is 598 g/mol. The maximum Gasteiger partial charge on any atom is 0.262 e. The fraction of sp³-hybridized carbons (Fsp3) is 0.438. The van der Waals surface area contributed by atoms with Crippen LogP contribution in [0.5, 0.6) is 11.6 Å². The molecule has 4 aromatic rings. The Hall–Kier alpha value is -3.41. The summed E-state index contributed by atoms with van der Waals surface area (Å²) in [5.41, 5.74) is -0.151. The summed E-state index contributed by atoms with van der Waals surface area (Å²) < 4.78 is 66.3. The lowest BCUT2D eigenvalue weighted by Gasteiger charge is -2.35. The fourth-order valence-electron chi connectivity index (χ4n) is 7.88. The Labute approximate surface area is 255 Å². The van der Waals surface area contributed by atoms with E-state index in [1.165, 1.54) is 30.5 Å². The van der Waals surface area contributed by atoms with E-state index in [4.69, 9.17) is 16.3 Å². The topological polar surface area (TPSA) is 73.8 Å². The van der Waals surface area contributed by atoms with Crippen molar-refractivity contribution in [3.63, 3.8) is 0 Å². The number of piperazine rings is 1. The summed E-state index contributed by atoms with van der Waals surface area (Å²) >= 11 is 6.34. The Morgan fingerprint density at radius 1 is 1.11 bits per heavy atom. The minimum atomic E-state index is -2.79. The molecule has 6 heterocycles. The van der Waals surface area contributed by atoms with E-state index in [-0.39, 0.29) is 58.4 Å². The molecule has 2 aromatic carbocycles. The molecule has 3 atom stereocenters. The number of hydrogen-bond donors (Lipinski definition) is 2. The van der Waals surface area contributed by atoms with Crippen molar-refractivity contribution in [3.05, 3.63) is 53.2 Å². The molecule has 230 valence electrons. The Morgan fingerprint density at radius 2 is 1.91 bits per heavy atom. The summed E-state index contributed by atoms with van der Waals surface area (Å²) in [6, 6.07) is 7.70. The minimum Gasteiger partial charge on any atom is -0.508 e. The molecule has 7 nitrogen and oxygen atoms in total. The number of nitrogens with one attached hydrogen (secondary N) is 1. The molecule has 0 saturated carbocycles. The lowest BCUT2D eigenvalue weighted by Crippen LogP contribution is -2.51. The van der Waals surface area contributed by atoms with Gasteiger partial charge in [0.05, 0.1) is 22.8 Å². The van der Waals surface area contributed by atoms with Crippen LogP contribution in [0.25, 0.3) is 32.9 Å². The van der Waals surface area contributed by atoms with Gasteiger partial charge < -0.3 is 20.1 Å². The van der Waals surface area contributed by atoms with Crippen LogP contribution in [0.4, 0.5) is 23.2 Å². The number of fused-ring (bicyclic) bond motifs is 5. The van der Waals surface area contributed by atoms with Gasteiger partial charge in [-0.1, -0.05) is 17.7 Å². The SMILES string of the molecule is Oc1cc(-c2ncc3c(N4CC5CCC(C4)N5)cc(OCC45CCCN4CC(F)(F)C5)nc3c2F)c2c(Cl)c(F)ccc2c1. The van der Waals surface area contributed by atoms with Crippen molar-refractivity contribution >= 4 is 39.0 Å². The smallest absolute Gasteiger partial charge is 0.262 e. The number of phenolic OH excluding ortho intramolecular Hbond substituents is 1. The van der Waals surface area contributed by atoms with Crippen LogP contribution in [0, 0.1) is 11.6 Å². The number of nitrogens with zero attached hydrogens (tertiary/aromatic N) is 4. The largest absolute Gasteiger partial charge is 0.508 e. The van der Waals surface area contributed by atoms with Gasteiger partial charge in [-0.15, -0.1) is 0 Å². The van der Waals surface area contributed by atoms with Gasteiger partial charge in [0, 0.05) is 60.2 Å². The summed E-state index contributed by atoms with van der Waals surface area (Å²) in [5, 5.41) is 14.9. The predicted octanol–water partition coefficient (Wildman–Crippen LogP) is 6.28. The van der Waals surface area contributed by atoms with Crippen molar-refractivity contribution in [1.29, 1.82) is 0 Å². The Balaban J connectivity index is 1.26. The van der Waals surface area contributed by atoms with Crippen LogP contribution in [-0.2, 0) is 0 Å². The van der Waals surface area contributed by atoms with Gasteiger partial charge in [0.1, 0.15) is 29.4 Å². The summed E-state index contributed by atoms with van der Waals surface area (Å²) in [6.07, 6.45) is 4.73. The molecule has 44 heavy (non-hydrogen) atoms. The molecule has 0 aliphatic carbocycles. The monoisotopic (exact) mass is 627 g/mol. The molecule has 0 spiro atoms. The van der Waals surface area contributed by atoms with Crippen LogP contribution >= 0.6 is 11.6 Å². The number of anilines is 1. The molecule has 3 unspecified atom stereocenters. The normalized spacial score (nSPS) is 26.2. The van der Waals surface area contributed by atoms with Crippen molar-refractivity contribution in [2.45, 2.75) is 55.6 Å². The number of rotatable bonds is 5. The maximum absolute atomic E-state index is 16.7. The summed E-state index contributed by atoms with van der Waals surface area (Å²) in [7, 11) is 0. The molecule has 4 fully saturated rings. The lowest BCUT2D eigenvalue weighted by molar-refractivity contribution is 0.00811. The minimum absolute atomic E-state index is 0.0129. The van der Waals surface area contributed by atoms with Gasteiger partial charge in [0.25, 0.3) is 5.92 Å². The molecule has 0 radical (unpaired) electrons. The van der Waals surface area contributed by atoms with E-state index in [9.17, 15) is 18.3 Å². The van der Waals surface area contributed by atoms with Crippen molar-refractivity contribution in [1.82, 2.24) is 20.2 Å². The quantitative estimate of drug-likeness (QED) is 0.252. The molecule has 4 saturated heterocycles. The first-order chi connectivity index (χ1) is 21.1. The zero-order valence-corrected chi connectivity index (χ0v) is 24.5. The van der Waals surface area contributed by atoms with Gasteiger partial charge in [0.2, 0.25) is 5.88 Å². The van der Waals surface area contributed by atoms with Gasteiger partial charge in [-0.2, -0.15) is 0 Å². The highest BCUT2D eigenvalue weighted by molar-refractivity contribution is 6.37. The van der Waals surface area contributed by atoms with E-state index >= 15 is 4.39 Å². The Kier molecular flexibility index (Phi) is 6.42. The molecule has 8 rings (SSSR count). The number of pyridine rings is 2. The first-order valence-electron chi connectivity index (χ1n) is 15.0. The standard InChI is InChI=1S/C32H30ClF4N5O2/c33-27-23(34)5-2-17-8-20(43)9-21(26(17)27)29-28(35)30-22(11-38-29)24(41-12-18-3-4-19(13-41)39-18)10-25(40-30)44-16-31-6-1-7-42(31)15-32(36,37)14-31/h2,5,8-11,18-19,39,43H,1,3-4,6-7,12-16H2. The number of halogens is 5. The van der Waals surface area contributed by atoms with E-state index in [1.54, 1.807) is 11.0 Å². The third-order valence-corrected chi connectivity index (χ3v) is 10.2. The second-order valence-corrected chi connectivity index (χ2v) is 13.1. The number of ether oxygens (including phenoxy) is 1.